The van der Waals surface area contributed by atoms with Gasteiger partial charge in [0, 0.05) is 33.5 Å². The van der Waals surface area contributed by atoms with Crippen LogP contribution in [0, 0.1) is 57.2 Å². The molecule has 8 rings (SSSR count). The predicted molar refractivity (Wildman–Crippen MR) is 207 cm³/mol. The molecule has 0 aliphatic heterocycles. The number of Topliss-reactive ketones (excluding diaryl/α,β-unsaturated/α-hetero) is 2. The molecule has 0 bridgehead atoms. The van der Waals surface area contributed by atoms with Gasteiger partial charge in [-0.15, -0.1) is 0 Å². The van der Waals surface area contributed by atoms with Crippen LogP contribution in [0.2, 0.25) is 0 Å². The number of allylic oxidation sites excluding steroid dienone is 8. The molecule has 0 spiro atoms. The summed E-state index contributed by atoms with van der Waals surface area (Å²) in [5.41, 5.74) is -10.3. The summed E-state index contributed by atoms with van der Waals surface area (Å²) in [7, 11) is -3.37. The number of hydrogen-bond acceptors (Lipinski definition) is 13. The third kappa shape index (κ3) is 7.20. The molecule has 62 heavy (non-hydrogen) atoms. The average molecular weight is 910 g/mol. The Morgan fingerprint density at radius 2 is 1.00 bits per heavy atom. The molecule has 332 valence electrons. The van der Waals surface area contributed by atoms with Crippen molar-refractivity contribution < 1.29 is 132 Å². The monoisotopic (exact) mass is 909 g/mol. The van der Waals surface area contributed by atoms with Gasteiger partial charge in [-0.05, 0) is 113 Å². The minimum Gasteiger partial charge on any atom is -0.598 e. The van der Waals surface area contributed by atoms with E-state index >= 15 is 8.78 Å². The van der Waals surface area contributed by atoms with E-state index in [1.165, 1.54) is 24.3 Å². The van der Waals surface area contributed by atoms with Gasteiger partial charge in [-0.2, -0.15) is 0 Å². The first-order valence-corrected chi connectivity index (χ1v) is 21.9. The first-order valence-electron chi connectivity index (χ1n) is 20.8. The van der Waals surface area contributed by atoms with Crippen LogP contribution in [-0.2, 0) is 23.7 Å². The molecule has 0 aromatic carbocycles. The van der Waals surface area contributed by atoms with Gasteiger partial charge in [-0.25, -0.2) is 8.78 Å². The zero-order chi connectivity index (χ0) is 45.0. The summed E-state index contributed by atoms with van der Waals surface area (Å²) in [5.74, 6) is -4.24. The second-order valence-corrected chi connectivity index (χ2v) is 20.2. The van der Waals surface area contributed by atoms with Crippen LogP contribution >= 0.6 is 8.25 Å². The molecule has 13 nitrogen and oxygen atoms in total. The van der Waals surface area contributed by atoms with E-state index in [0.29, 0.717) is 49.7 Å². The van der Waals surface area contributed by atoms with Gasteiger partial charge in [0.05, 0.1) is 12.2 Å². The van der Waals surface area contributed by atoms with Crippen LogP contribution in [0.3, 0.4) is 0 Å². The molecule has 0 heterocycles. The topological polar surface area (TPSA) is 253 Å². The Kier molecular flexibility index (Phi) is 15.7. The minimum absolute atomic E-state index is 0. The van der Waals surface area contributed by atoms with Crippen LogP contribution in [0.4, 0.5) is 8.78 Å². The molecule has 0 aromatic heterocycles. The Bertz CT molecular complexity index is 1860. The van der Waals surface area contributed by atoms with E-state index in [2.05, 4.69) is 0 Å². The predicted octanol–water partition coefficient (Wildman–Crippen LogP) is -3.84. The Morgan fingerprint density at radius 1 is 0.694 bits per heavy atom. The number of carbonyl (C=O) groups excluding carboxylic acids is 4. The fourth-order valence-electron chi connectivity index (χ4n) is 14.5. The summed E-state index contributed by atoms with van der Waals surface area (Å²) in [6.07, 6.45) is 8.88. The summed E-state index contributed by atoms with van der Waals surface area (Å²) in [4.78, 5) is 65.7. The van der Waals surface area contributed by atoms with Crippen molar-refractivity contribution in [2.45, 2.75) is 128 Å². The number of halogens is 2. The van der Waals surface area contributed by atoms with Crippen molar-refractivity contribution in [1.29, 1.82) is 0 Å². The van der Waals surface area contributed by atoms with Gasteiger partial charge in [0.15, 0.2) is 34.5 Å². The molecule has 3 unspecified atom stereocenters. The maximum absolute atomic E-state index is 16.9. The second kappa shape index (κ2) is 18.1. The van der Waals surface area contributed by atoms with Crippen LogP contribution in [0.5, 0.6) is 0 Å². The third-order valence-corrected chi connectivity index (χ3v) is 17.6. The van der Waals surface area contributed by atoms with E-state index in [4.69, 9.17) is 14.4 Å². The zero-order valence-corrected chi connectivity index (χ0v) is 41.8. The average Bonchev–Trinajstić information content (AvgIpc) is 3.50. The van der Waals surface area contributed by atoms with E-state index in [9.17, 15) is 49.8 Å². The minimum atomic E-state index is -3.37. The van der Waals surface area contributed by atoms with Gasteiger partial charge in [0.2, 0.25) is 0 Å². The molecule has 6 fully saturated rings. The quantitative estimate of drug-likeness (QED) is 0.117. The SMILES string of the molecule is C[C@@H]1CC2C3CCC4=CC(=O)C=C[C@]4(C)[C@@]3(F)[C@@H](O)C[C@]2(C)[C@@]1(O)C(=O)CO.C[C@@H]1CC2[C@H]3CCC4=CC(=O)C=C[C@]4(C)[C@@]3(F)[C@@H](O)C[C@]2(C)[C@@]1(O)C(=O)CO.O=[P+]([O-])[O-].[Na+].[Na+]. The van der Waals surface area contributed by atoms with E-state index in [1.54, 1.807) is 53.7 Å². The molecule has 8 aliphatic carbocycles. The van der Waals surface area contributed by atoms with Crippen LogP contribution < -0.4 is 68.9 Å². The fourth-order valence-corrected chi connectivity index (χ4v) is 14.5. The molecular formula is C44H58F2Na2O13P+. The first-order chi connectivity index (χ1) is 27.7. The molecule has 0 radical (unpaired) electrons. The fraction of sp³-hybridized carbons (Fsp3) is 0.727. The first kappa shape index (κ1) is 53.9. The molecule has 0 saturated heterocycles. The van der Waals surface area contributed by atoms with Crippen molar-refractivity contribution >= 4 is 31.4 Å². The molecule has 18 heteroatoms. The Morgan fingerprint density at radius 3 is 1.29 bits per heavy atom. The number of aliphatic hydroxyl groups is 6. The maximum Gasteiger partial charge on any atom is 1.00 e. The number of fused-ring (bicyclic) bond motifs is 10. The van der Waals surface area contributed by atoms with E-state index < -0.39 is 113 Å². The van der Waals surface area contributed by atoms with Crippen molar-refractivity contribution in [1.82, 2.24) is 0 Å². The molecule has 0 amide bonds. The Balaban J connectivity index is 0.000000244. The summed E-state index contributed by atoms with van der Waals surface area (Å²) >= 11 is 0. The van der Waals surface area contributed by atoms with Gasteiger partial charge >= 0.3 is 59.1 Å². The number of rotatable bonds is 4. The molecule has 16 atom stereocenters. The normalized spacial score (nSPS) is 47.9. The van der Waals surface area contributed by atoms with E-state index in [1.807, 2.05) is 0 Å². The summed E-state index contributed by atoms with van der Waals surface area (Å²) < 4.78 is 42.2. The molecule has 6 N–H and O–H groups in total. The molecule has 6 saturated carbocycles. The van der Waals surface area contributed by atoms with E-state index in [0.717, 1.165) is 0 Å². The van der Waals surface area contributed by atoms with Gasteiger partial charge in [-0.1, -0.05) is 55.6 Å². The number of carbonyl (C=O) groups is 4. The largest absolute Gasteiger partial charge is 1.00 e. The van der Waals surface area contributed by atoms with Gasteiger partial charge < -0.3 is 40.4 Å². The van der Waals surface area contributed by atoms with Gasteiger partial charge in [-0.3, -0.25) is 19.2 Å². The molecule has 0 aromatic rings. The Labute approximate surface area is 406 Å². The Hall–Kier alpha value is -0.720. The van der Waals surface area contributed by atoms with Crippen LogP contribution in [0.15, 0.2) is 47.6 Å². The number of hydrogen-bond donors (Lipinski definition) is 6. The molecule has 8 aliphatic rings. The van der Waals surface area contributed by atoms with E-state index in [-0.39, 0.29) is 95.4 Å². The van der Waals surface area contributed by atoms with Crippen molar-refractivity contribution in [3.8, 4) is 0 Å². The van der Waals surface area contributed by atoms with Crippen molar-refractivity contribution in [2.24, 2.45) is 57.2 Å². The summed E-state index contributed by atoms with van der Waals surface area (Å²) in [6, 6.07) is 0. The van der Waals surface area contributed by atoms with Crippen LogP contribution in [0.25, 0.3) is 0 Å². The summed E-state index contributed by atoms with van der Waals surface area (Å²) in [5, 5.41) is 63.9. The van der Waals surface area contributed by atoms with Crippen molar-refractivity contribution in [3.63, 3.8) is 0 Å². The van der Waals surface area contributed by atoms with Gasteiger partial charge in [0.25, 0.3) is 8.25 Å². The standard InChI is InChI=1S/2C22H29FO5.2Na.HO3P/c2*1-12-8-16-15-5-4-13-9-14(25)6-7-19(13,2)21(15,23)17(26)10-20(16,3)22(12,28)18(27)11-24;;;1-4(2)3/h2*6-7,9,12,15-17,24,26,28H,4-5,8,10-11H2,1-3H3;;;(H,1,2,3)/q;;2*+1;/p-1/t12-,15?,16?,17+,19+,20+,21+,22+;12-,15-,16?,17+,19+,20+,21+,22+;;;/m11.../s1. The number of ketones is 4. The maximum atomic E-state index is 16.9. The second-order valence-electron chi connectivity index (χ2n) is 19.7. The molecular weight excluding hydrogens is 851 g/mol. The zero-order valence-electron chi connectivity index (χ0n) is 36.9. The van der Waals surface area contributed by atoms with Gasteiger partial charge in [0.1, 0.15) is 24.4 Å². The van der Waals surface area contributed by atoms with Crippen molar-refractivity contribution in [2.75, 3.05) is 13.2 Å². The van der Waals surface area contributed by atoms with Crippen LogP contribution in [0.1, 0.15) is 92.9 Å². The van der Waals surface area contributed by atoms with Crippen molar-refractivity contribution in [3.05, 3.63) is 47.6 Å². The smallest absolute Gasteiger partial charge is 0.598 e. The number of aliphatic hydroxyl groups excluding tert-OH is 4. The third-order valence-electron chi connectivity index (χ3n) is 17.6. The summed E-state index contributed by atoms with van der Waals surface area (Å²) in [6.45, 7) is 8.96. The number of alkyl halides is 2. The van der Waals surface area contributed by atoms with Crippen LogP contribution in [-0.4, -0.2) is 102 Å².